The van der Waals surface area contributed by atoms with E-state index in [9.17, 15) is 8.78 Å². The van der Waals surface area contributed by atoms with Gasteiger partial charge in [0.1, 0.15) is 4.99 Å². The smallest absolute Gasteiger partial charge is 0.182 e. The zero-order valence-corrected chi connectivity index (χ0v) is 11.5. The molecule has 0 bridgehead atoms. The molecule has 1 aliphatic rings. The van der Waals surface area contributed by atoms with Gasteiger partial charge in [-0.3, -0.25) is 0 Å². The molecule has 0 aromatic heterocycles. The lowest BCUT2D eigenvalue weighted by molar-refractivity contribution is 0.0818. The summed E-state index contributed by atoms with van der Waals surface area (Å²) in [7, 11) is 1.66. The van der Waals surface area contributed by atoms with Gasteiger partial charge in [0.15, 0.2) is 11.6 Å². The largest absolute Gasteiger partial charge is 0.389 e. The average Bonchev–Trinajstić information content (AvgIpc) is 2.41. The summed E-state index contributed by atoms with van der Waals surface area (Å²) >= 11 is 4.68. The molecule has 1 aromatic rings. The number of halogens is 2. The summed E-state index contributed by atoms with van der Waals surface area (Å²) in [6.45, 7) is 1.28. The molecule has 0 amide bonds. The molecule has 1 heterocycles. The van der Waals surface area contributed by atoms with Crippen LogP contribution in [0.1, 0.15) is 18.4 Å². The quantitative estimate of drug-likeness (QED) is 0.865. The molecule has 6 heteroatoms. The van der Waals surface area contributed by atoms with Crippen LogP contribution in [0.2, 0.25) is 0 Å². The minimum atomic E-state index is -0.973. The van der Waals surface area contributed by atoms with Gasteiger partial charge in [-0.1, -0.05) is 12.2 Å². The third-order valence-electron chi connectivity index (χ3n) is 3.44. The van der Waals surface area contributed by atoms with Crippen molar-refractivity contribution in [1.82, 2.24) is 0 Å². The van der Waals surface area contributed by atoms with Gasteiger partial charge in [-0.2, -0.15) is 0 Å². The highest BCUT2D eigenvalue weighted by molar-refractivity contribution is 7.80. The Morgan fingerprint density at radius 3 is 2.47 bits per heavy atom. The van der Waals surface area contributed by atoms with E-state index in [-0.39, 0.29) is 22.3 Å². The second-order valence-corrected chi connectivity index (χ2v) is 4.99. The minimum absolute atomic E-state index is 0.0528. The molecule has 1 fully saturated rings. The number of methoxy groups -OCH3 is 1. The van der Waals surface area contributed by atoms with Crippen LogP contribution in [0.15, 0.2) is 12.1 Å². The Bertz CT molecular complexity index is 488. The standard InChI is InChI=1S/C13H16F2N2OS/c1-18-8-4-6-17(7-5-8)10-3-2-9(13(16)19)11(14)12(10)15/h2-3,8H,4-7H2,1H3,(H2,16,19). The van der Waals surface area contributed by atoms with Crippen molar-refractivity contribution >= 4 is 22.9 Å². The van der Waals surface area contributed by atoms with Gasteiger partial charge in [0.25, 0.3) is 0 Å². The van der Waals surface area contributed by atoms with E-state index < -0.39 is 11.6 Å². The first-order valence-electron chi connectivity index (χ1n) is 6.10. The third-order valence-corrected chi connectivity index (χ3v) is 3.66. The zero-order valence-electron chi connectivity index (χ0n) is 10.7. The van der Waals surface area contributed by atoms with Crippen molar-refractivity contribution in [3.05, 3.63) is 29.3 Å². The maximum absolute atomic E-state index is 14.0. The SMILES string of the molecule is COC1CCN(c2ccc(C(N)=S)c(F)c2F)CC1. The van der Waals surface area contributed by atoms with Gasteiger partial charge in [-0.15, -0.1) is 0 Å². The molecular formula is C13H16F2N2OS. The molecule has 0 radical (unpaired) electrons. The van der Waals surface area contributed by atoms with E-state index in [0.29, 0.717) is 13.1 Å². The summed E-state index contributed by atoms with van der Waals surface area (Å²) in [4.78, 5) is 1.68. The molecule has 0 saturated carbocycles. The van der Waals surface area contributed by atoms with Gasteiger partial charge >= 0.3 is 0 Å². The molecule has 3 nitrogen and oxygen atoms in total. The van der Waals surface area contributed by atoms with Crippen molar-refractivity contribution in [2.24, 2.45) is 5.73 Å². The fourth-order valence-electron chi connectivity index (χ4n) is 2.31. The number of hydrogen-bond donors (Lipinski definition) is 1. The van der Waals surface area contributed by atoms with Crippen molar-refractivity contribution in [2.45, 2.75) is 18.9 Å². The second-order valence-electron chi connectivity index (χ2n) is 4.55. The highest BCUT2D eigenvalue weighted by Gasteiger charge is 2.23. The Balaban J connectivity index is 2.22. The van der Waals surface area contributed by atoms with Crippen LogP contribution in [0.3, 0.4) is 0 Å². The van der Waals surface area contributed by atoms with E-state index in [2.05, 4.69) is 12.2 Å². The lowest BCUT2D eigenvalue weighted by Crippen LogP contribution is -2.37. The fraction of sp³-hybridized carbons (Fsp3) is 0.462. The summed E-state index contributed by atoms with van der Waals surface area (Å²) in [5.41, 5.74) is 5.55. The Labute approximate surface area is 116 Å². The molecule has 1 aliphatic heterocycles. The number of rotatable bonds is 3. The number of anilines is 1. The molecule has 2 N–H and O–H groups in total. The van der Waals surface area contributed by atoms with Crippen LogP contribution in [-0.2, 0) is 4.74 Å². The lowest BCUT2D eigenvalue weighted by Gasteiger charge is -2.33. The minimum Gasteiger partial charge on any atom is -0.389 e. The molecule has 0 spiro atoms. The Morgan fingerprint density at radius 1 is 1.32 bits per heavy atom. The Morgan fingerprint density at radius 2 is 1.95 bits per heavy atom. The van der Waals surface area contributed by atoms with Crippen LogP contribution >= 0.6 is 12.2 Å². The van der Waals surface area contributed by atoms with Gasteiger partial charge in [0.2, 0.25) is 0 Å². The van der Waals surface area contributed by atoms with Gasteiger partial charge in [-0.25, -0.2) is 8.78 Å². The summed E-state index contributed by atoms with van der Waals surface area (Å²) in [5, 5.41) is 0. The van der Waals surface area contributed by atoms with Crippen LogP contribution in [0.4, 0.5) is 14.5 Å². The molecule has 2 rings (SSSR count). The monoisotopic (exact) mass is 286 g/mol. The third kappa shape index (κ3) is 2.84. The average molecular weight is 286 g/mol. The molecule has 0 unspecified atom stereocenters. The van der Waals surface area contributed by atoms with E-state index in [1.54, 1.807) is 7.11 Å². The Hall–Kier alpha value is -1.27. The predicted octanol–water partition coefficient (Wildman–Crippen LogP) is 2.21. The van der Waals surface area contributed by atoms with Crippen molar-refractivity contribution in [1.29, 1.82) is 0 Å². The number of benzene rings is 1. The fourth-order valence-corrected chi connectivity index (χ4v) is 2.46. The summed E-state index contributed by atoms with van der Waals surface area (Å²) in [6.07, 6.45) is 1.79. The molecule has 0 aliphatic carbocycles. The number of piperidine rings is 1. The highest BCUT2D eigenvalue weighted by Crippen LogP contribution is 2.27. The van der Waals surface area contributed by atoms with Crippen LogP contribution in [0.25, 0.3) is 0 Å². The normalized spacial score (nSPS) is 16.7. The van der Waals surface area contributed by atoms with Crippen LogP contribution in [0, 0.1) is 11.6 Å². The van der Waals surface area contributed by atoms with Crippen molar-refractivity contribution in [2.75, 3.05) is 25.1 Å². The first-order valence-corrected chi connectivity index (χ1v) is 6.51. The topological polar surface area (TPSA) is 38.5 Å². The summed E-state index contributed by atoms with van der Waals surface area (Å²) < 4.78 is 33.1. The Kier molecular flexibility index (Phi) is 4.31. The number of hydrogen-bond acceptors (Lipinski definition) is 3. The van der Waals surface area contributed by atoms with E-state index >= 15 is 0 Å². The number of nitrogens with zero attached hydrogens (tertiary/aromatic N) is 1. The van der Waals surface area contributed by atoms with Gasteiger partial charge in [0.05, 0.1) is 11.8 Å². The maximum Gasteiger partial charge on any atom is 0.182 e. The maximum atomic E-state index is 14.0. The lowest BCUT2D eigenvalue weighted by atomic mass is 10.1. The number of thiocarbonyl (C=S) groups is 1. The van der Waals surface area contributed by atoms with E-state index in [1.165, 1.54) is 12.1 Å². The first kappa shape index (κ1) is 14.1. The van der Waals surface area contributed by atoms with Gasteiger partial charge < -0.3 is 15.4 Å². The predicted molar refractivity (Wildman–Crippen MR) is 74.5 cm³/mol. The first-order chi connectivity index (χ1) is 9.04. The molecule has 1 aromatic carbocycles. The van der Waals surface area contributed by atoms with Crippen molar-refractivity contribution < 1.29 is 13.5 Å². The van der Waals surface area contributed by atoms with Gasteiger partial charge in [-0.05, 0) is 25.0 Å². The van der Waals surface area contributed by atoms with E-state index in [4.69, 9.17) is 10.5 Å². The summed E-state index contributed by atoms with van der Waals surface area (Å²) in [6, 6.07) is 2.96. The van der Waals surface area contributed by atoms with Crippen LogP contribution < -0.4 is 10.6 Å². The summed E-state index contributed by atoms with van der Waals surface area (Å²) in [5.74, 6) is -1.86. The zero-order chi connectivity index (χ0) is 14.0. The number of nitrogens with two attached hydrogens (primary N) is 1. The van der Waals surface area contributed by atoms with Gasteiger partial charge in [0, 0.05) is 25.8 Å². The van der Waals surface area contributed by atoms with Crippen LogP contribution in [0.5, 0.6) is 0 Å². The van der Waals surface area contributed by atoms with E-state index in [1.807, 2.05) is 4.90 Å². The van der Waals surface area contributed by atoms with Crippen molar-refractivity contribution in [3.8, 4) is 0 Å². The second kappa shape index (κ2) is 5.79. The van der Waals surface area contributed by atoms with E-state index in [0.717, 1.165) is 12.8 Å². The molecule has 1 saturated heterocycles. The highest BCUT2D eigenvalue weighted by atomic mass is 32.1. The molecule has 0 atom stereocenters. The van der Waals surface area contributed by atoms with Crippen molar-refractivity contribution in [3.63, 3.8) is 0 Å². The molecular weight excluding hydrogens is 270 g/mol. The molecule has 19 heavy (non-hydrogen) atoms. The number of ether oxygens (including phenoxy) is 1. The molecule has 104 valence electrons. The van der Waals surface area contributed by atoms with Crippen LogP contribution in [-0.4, -0.2) is 31.3 Å².